The summed E-state index contributed by atoms with van der Waals surface area (Å²) < 4.78 is 26.6. The third kappa shape index (κ3) is 6.70. The average molecular weight is 422 g/mol. The molecule has 0 bridgehead atoms. The third-order valence-electron chi connectivity index (χ3n) is 3.74. The molecule has 1 heterocycles. The van der Waals surface area contributed by atoms with Crippen LogP contribution in [0.3, 0.4) is 0 Å². The first-order valence-electron chi connectivity index (χ1n) is 8.92. The second-order valence-corrected chi connectivity index (χ2v) is 6.91. The monoisotopic (exact) mass is 422 g/mol. The normalized spacial score (nSPS) is 22.8. The molecule has 1 fully saturated rings. The number of ether oxygens (including phenoxy) is 5. The van der Waals surface area contributed by atoms with E-state index in [1.165, 1.54) is 27.7 Å². The lowest BCUT2D eigenvalue weighted by Crippen LogP contribution is -2.58. The fourth-order valence-electron chi connectivity index (χ4n) is 2.11. The van der Waals surface area contributed by atoms with Crippen molar-refractivity contribution in [2.24, 2.45) is 0 Å². The van der Waals surface area contributed by atoms with Crippen LogP contribution in [0, 0.1) is 0 Å². The van der Waals surface area contributed by atoms with E-state index in [1.54, 1.807) is 0 Å². The summed E-state index contributed by atoms with van der Waals surface area (Å²) in [5.74, 6) is -3.29. The van der Waals surface area contributed by atoms with Crippen LogP contribution < -0.4 is 0 Å². The Hall–Kier alpha value is -3.20. The molecule has 9 heteroatoms. The topological polar surface area (TPSA) is 114 Å². The first-order chi connectivity index (χ1) is 13.8. The van der Waals surface area contributed by atoms with Crippen molar-refractivity contribution in [3.63, 3.8) is 0 Å². The maximum absolute atomic E-state index is 12.2. The van der Waals surface area contributed by atoms with Crippen LogP contribution >= 0.6 is 0 Å². The van der Waals surface area contributed by atoms with Gasteiger partial charge in [-0.1, -0.05) is 26.3 Å². The molecule has 4 atom stereocenters. The lowest BCUT2D eigenvalue weighted by Gasteiger charge is -2.40. The van der Waals surface area contributed by atoms with Crippen molar-refractivity contribution >= 4 is 23.9 Å². The largest absolute Gasteiger partial charge is 0.452 e. The molecule has 1 aliphatic heterocycles. The fourth-order valence-corrected chi connectivity index (χ4v) is 2.11. The Bertz CT molecular complexity index is 726. The van der Waals surface area contributed by atoms with E-state index >= 15 is 0 Å². The summed E-state index contributed by atoms with van der Waals surface area (Å²) in [6.07, 6.45) is -5.46. The van der Waals surface area contributed by atoms with Crippen molar-refractivity contribution in [2.45, 2.75) is 52.3 Å². The highest BCUT2D eigenvalue weighted by molar-refractivity contribution is 5.89. The van der Waals surface area contributed by atoms with Crippen molar-refractivity contribution in [2.75, 3.05) is 6.61 Å². The SMILES string of the molecule is C=C(C)C(=O)OC1OC[C@@H](OC(=O)C(=C)C)[C@@H](OC(=O)C(=C)C)[C@@H]1OC(=O)C(=C)C. The van der Waals surface area contributed by atoms with Gasteiger partial charge in [-0.25, -0.2) is 19.2 Å². The summed E-state index contributed by atoms with van der Waals surface area (Å²) in [5.41, 5.74) is 0.235. The van der Waals surface area contributed by atoms with Gasteiger partial charge in [-0.3, -0.25) is 0 Å². The highest BCUT2D eigenvalue weighted by atomic mass is 16.7. The second kappa shape index (κ2) is 10.5. The highest BCUT2D eigenvalue weighted by Gasteiger charge is 2.49. The van der Waals surface area contributed by atoms with Gasteiger partial charge in [0.15, 0.2) is 12.2 Å². The van der Waals surface area contributed by atoms with E-state index < -0.39 is 48.5 Å². The Morgan fingerprint density at radius 2 is 1.00 bits per heavy atom. The average Bonchev–Trinajstić information content (AvgIpc) is 2.64. The minimum absolute atomic E-state index is 0.0333. The van der Waals surface area contributed by atoms with Gasteiger partial charge in [0.05, 0.1) is 6.61 Å². The second-order valence-electron chi connectivity index (χ2n) is 6.91. The van der Waals surface area contributed by atoms with Crippen LogP contribution in [-0.2, 0) is 42.9 Å². The van der Waals surface area contributed by atoms with Crippen molar-refractivity contribution in [1.82, 2.24) is 0 Å². The van der Waals surface area contributed by atoms with E-state index in [2.05, 4.69) is 26.3 Å². The molecule has 1 aliphatic rings. The van der Waals surface area contributed by atoms with E-state index in [4.69, 9.17) is 23.7 Å². The molecule has 0 amide bonds. The van der Waals surface area contributed by atoms with Crippen LogP contribution in [0.25, 0.3) is 0 Å². The summed E-state index contributed by atoms with van der Waals surface area (Å²) in [5, 5.41) is 0. The molecule has 0 N–H and O–H groups in total. The Morgan fingerprint density at radius 1 is 0.633 bits per heavy atom. The Kier molecular flexibility index (Phi) is 8.73. The van der Waals surface area contributed by atoms with Gasteiger partial charge in [-0.05, 0) is 27.7 Å². The number of hydrogen-bond acceptors (Lipinski definition) is 9. The number of carbonyl (C=O) groups is 4. The zero-order valence-electron chi connectivity index (χ0n) is 17.5. The molecule has 164 valence electrons. The van der Waals surface area contributed by atoms with E-state index in [0.29, 0.717) is 0 Å². The highest BCUT2D eigenvalue weighted by Crippen LogP contribution is 2.27. The van der Waals surface area contributed by atoms with Crippen LogP contribution in [0.1, 0.15) is 27.7 Å². The number of hydrogen-bond donors (Lipinski definition) is 0. The molecular formula is C21H26O9. The zero-order chi connectivity index (χ0) is 23.2. The molecule has 0 aromatic heterocycles. The molecule has 0 aliphatic carbocycles. The Labute approximate surface area is 174 Å². The Balaban J connectivity index is 3.32. The minimum Gasteiger partial charge on any atom is -0.452 e. The van der Waals surface area contributed by atoms with Crippen LogP contribution in [0.15, 0.2) is 48.6 Å². The van der Waals surface area contributed by atoms with Crippen molar-refractivity contribution in [3.8, 4) is 0 Å². The first-order valence-corrected chi connectivity index (χ1v) is 8.92. The standard InChI is InChI=1S/C21H26O9/c1-10(2)17(22)27-14-9-26-21(30-20(25)13(7)8)16(29-19(24)12(5)6)15(14)28-18(23)11(3)4/h14-16,21H,1,3,5,7,9H2,2,4,6,8H3/t14-,15-,16+,21?/m1/s1. The van der Waals surface area contributed by atoms with Crippen molar-refractivity contribution in [3.05, 3.63) is 48.6 Å². The summed E-state index contributed by atoms with van der Waals surface area (Å²) >= 11 is 0. The molecule has 30 heavy (non-hydrogen) atoms. The zero-order valence-corrected chi connectivity index (χ0v) is 17.5. The van der Waals surface area contributed by atoms with Gasteiger partial charge in [0, 0.05) is 22.3 Å². The van der Waals surface area contributed by atoms with E-state index in [-0.39, 0.29) is 28.9 Å². The molecule has 0 spiro atoms. The van der Waals surface area contributed by atoms with Crippen molar-refractivity contribution < 1.29 is 42.9 Å². The molecule has 0 aromatic carbocycles. The van der Waals surface area contributed by atoms with E-state index in [9.17, 15) is 19.2 Å². The molecule has 0 radical (unpaired) electrons. The van der Waals surface area contributed by atoms with Crippen LogP contribution in [0.5, 0.6) is 0 Å². The van der Waals surface area contributed by atoms with Gasteiger partial charge in [0.2, 0.25) is 12.4 Å². The van der Waals surface area contributed by atoms with Crippen molar-refractivity contribution in [1.29, 1.82) is 0 Å². The van der Waals surface area contributed by atoms with Gasteiger partial charge >= 0.3 is 23.9 Å². The predicted molar refractivity (Wildman–Crippen MR) is 105 cm³/mol. The molecule has 0 saturated carbocycles. The molecular weight excluding hydrogens is 396 g/mol. The Morgan fingerprint density at radius 3 is 1.43 bits per heavy atom. The maximum atomic E-state index is 12.2. The van der Waals surface area contributed by atoms with Gasteiger partial charge < -0.3 is 23.7 Å². The van der Waals surface area contributed by atoms with Gasteiger partial charge in [0.1, 0.15) is 0 Å². The number of esters is 4. The molecule has 1 saturated heterocycles. The van der Waals surface area contributed by atoms with Crippen LogP contribution in [0.4, 0.5) is 0 Å². The van der Waals surface area contributed by atoms with Gasteiger partial charge in [-0.15, -0.1) is 0 Å². The van der Waals surface area contributed by atoms with E-state index in [1.807, 2.05) is 0 Å². The molecule has 9 nitrogen and oxygen atoms in total. The van der Waals surface area contributed by atoms with Gasteiger partial charge in [0.25, 0.3) is 0 Å². The fraction of sp³-hybridized carbons (Fsp3) is 0.429. The molecule has 0 aromatic rings. The molecule has 1 rings (SSSR count). The van der Waals surface area contributed by atoms with Crippen LogP contribution in [-0.4, -0.2) is 55.1 Å². The summed E-state index contributed by atoms with van der Waals surface area (Å²) in [6, 6.07) is 0. The van der Waals surface area contributed by atoms with E-state index in [0.717, 1.165) is 0 Å². The van der Waals surface area contributed by atoms with Gasteiger partial charge in [-0.2, -0.15) is 0 Å². The summed E-state index contributed by atoms with van der Waals surface area (Å²) in [7, 11) is 0. The lowest BCUT2D eigenvalue weighted by molar-refractivity contribution is -0.272. The first kappa shape index (κ1) is 24.8. The number of rotatable bonds is 8. The van der Waals surface area contributed by atoms with Crippen LogP contribution in [0.2, 0.25) is 0 Å². The third-order valence-corrected chi connectivity index (χ3v) is 3.74. The maximum Gasteiger partial charge on any atom is 0.335 e. The molecule has 1 unspecified atom stereocenters. The smallest absolute Gasteiger partial charge is 0.335 e. The minimum atomic E-state index is -1.46. The summed E-state index contributed by atoms with van der Waals surface area (Å²) in [4.78, 5) is 48.3. The number of carbonyl (C=O) groups excluding carboxylic acids is 4. The summed E-state index contributed by atoms with van der Waals surface area (Å²) in [6.45, 7) is 19.3. The quantitative estimate of drug-likeness (QED) is 0.329. The lowest BCUT2D eigenvalue weighted by atomic mass is 10.0. The predicted octanol–water partition coefficient (Wildman–Crippen LogP) is 1.93.